The predicted octanol–water partition coefficient (Wildman–Crippen LogP) is 1.37. The molecule has 15 heavy (non-hydrogen) atoms. The lowest BCUT2D eigenvalue weighted by Gasteiger charge is -2.42. The first kappa shape index (κ1) is 11.4. The Morgan fingerprint density at radius 1 is 1.07 bits per heavy atom. The number of methoxy groups -OCH3 is 1. The van der Waals surface area contributed by atoms with E-state index in [4.69, 9.17) is 10.5 Å². The van der Waals surface area contributed by atoms with Gasteiger partial charge >= 0.3 is 0 Å². The van der Waals surface area contributed by atoms with Gasteiger partial charge in [-0.05, 0) is 25.7 Å². The van der Waals surface area contributed by atoms with E-state index in [1.165, 1.54) is 38.8 Å². The Morgan fingerprint density at radius 3 is 2.40 bits per heavy atom. The Kier molecular flexibility index (Phi) is 4.00. The molecule has 1 aliphatic carbocycles. The van der Waals surface area contributed by atoms with Crippen molar-refractivity contribution in [3.63, 3.8) is 0 Å². The van der Waals surface area contributed by atoms with Gasteiger partial charge in [-0.1, -0.05) is 12.8 Å². The minimum Gasteiger partial charge on any atom is -0.380 e. The highest BCUT2D eigenvalue weighted by molar-refractivity contribution is 4.87. The summed E-state index contributed by atoms with van der Waals surface area (Å²) in [7, 11) is 1.86. The standard InChI is InChI=1S/C12H24N2O/c1-15-12-5-3-2-4-11(12)14-8-6-10(13)7-9-14/h10-12H,2-9,13H2,1H3. The second kappa shape index (κ2) is 5.28. The van der Waals surface area contributed by atoms with Crippen LogP contribution in [0.3, 0.4) is 0 Å². The van der Waals surface area contributed by atoms with Gasteiger partial charge in [0.1, 0.15) is 0 Å². The molecule has 2 atom stereocenters. The summed E-state index contributed by atoms with van der Waals surface area (Å²) in [6.45, 7) is 2.34. The molecule has 0 radical (unpaired) electrons. The first-order valence-electron chi connectivity index (χ1n) is 6.33. The van der Waals surface area contributed by atoms with Gasteiger partial charge in [0.25, 0.3) is 0 Å². The molecule has 0 aromatic carbocycles. The highest BCUT2D eigenvalue weighted by atomic mass is 16.5. The fourth-order valence-corrected chi connectivity index (χ4v) is 3.02. The van der Waals surface area contributed by atoms with E-state index in [9.17, 15) is 0 Å². The monoisotopic (exact) mass is 212 g/mol. The highest BCUT2D eigenvalue weighted by Crippen LogP contribution is 2.27. The van der Waals surface area contributed by atoms with Crippen LogP contribution in [-0.2, 0) is 4.74 Å². The van der Waals surface area contributed by atoms with Crippen LogP contribution in [0.4, 0.5) is 0 Å². The number of piperidine rings is 1. The van der Waals surface area contributed by atoms with Gasteiger partial charge in [-0.25, -0.2) is 0 Å². The van der Waals surface area contributed by atoms with Crippen molar-refractivity contribution in [3.8, 4) is 0 Å². The van der Waals surface area contributed by atoms with Crippen molar-refractivity contribution in [2.75, 3.05) is 20.2 Å². The molecule has 3 nitrogen and oxygen atoms in total. The van der Waals surface area contributed by atoms with Crippen molar-refractivity contribution < 1.29 is 4.74 Å². The highest BCUT2D eigenvalue weighted by Gasteiger charge is 2.31. The fourth-order valence-electron chi connectivity index (χ4n) is 3.02. The molecule has 2 rings (SSSR count). The van der Waals surface area contributed by atoms with Crippen molar-refractivity contribution >= 4 is 0 Å². The molecule has 2 unspecified atom stereocenters. The van der Waals surface area contributed by atoms with E-state index in [2.05, 4.69) is 4.90 Å². The van der Waals surface area contributed by atoms with Crippen molar-refractivity contribution in [2.24, 2.45) is 5.73 Å². The Balaban J connectivity index is 1.90. The lowest BCUT2D eigenvalue weighted by Crippen LogP contribution is -2.51. The molecule has 0 aromatic rings. The summed E-state index contributed by atoms with van der Waals surface area (Å²) in [5.41, 5.74) is 5.94. The number of hydrogen-bond donors (Lipinski definition) is 1. The number of rotatable bonds is 2. The fraction of sp³-hybridized carbons (Fsp3) is 1.00. The average molecular weight is 212 g/mol. The van der Waals surface area contributed by atoms with Crippen LogP contribution in [-0.4, -0.2) is 43.3 Å². The lowest BCUT2D eigenvalue weighted by atomic mass is 9.89. The molecule has 2 fully saturated rings. The number of nitrogens with zero attached hydrogens (tertiary/aromatic N) is 1. The summed E-state index contributed by atoms with van der Waals surface area (Å²) in [6.07, 6.45) is 8.04. The van der Waals surface area contributed by atoms with E-state index in [1.54, 1.807) is 0 Å². The summed E-state index contributed by atoms with van der Waals surface area (Å²) in [5, 5.41) is 0. The third-order valence-electron chi connectivity index (χ3n) is 4.01. The first-order chi connectivity index (χ1) is 7.31. The summed E-state index contributed by atoms with van der Waals surface area (Å²) in [5.74, 6) is 0. The van der Waals surface area contributed by atoms with Crippen LogP contribution in [0, 0.1) is 0 Å². The molecule has 0 aromatic heterocycles. The molecule has 1 saturated heterocycles. The molecule has 1 aliphatic heterocycles. The number of ether oxygens (including phenoxy) is 1. The summed E-state index contributed by atoms with van der Waals surface area (Å²) < 4.78 is 5.61. The third-order valence-corrected chi connectivity index (χ3v) is 4.01. The zero-order valence-corrected chi connectivity index (χ0v) is 9.82. The molecular formula is C12H24N2O. The molecule has 1 heterocycles. The molecule has 2 aliphatic rings. The lowest BCUT2D eigenvalue weighted by molar-refractivity contribution is -0.0186. The molecule has 0 spiro atoms. The molecule has 1 saturated carbocycles. The average Bonchev–Trinajstić information content (AvgIpc) is 2.30. The van der Waals surface area contributed by atoms with E-state index >= 15 is 0 Å². The molecule has 0 amide bonds. The normalized spacial score (nSPS) is 35.6. The molecular weight excluding hydrogens is 188 g/mol. The van der Waals surface area contributed by atoms with Gasteiger partial charge in [0.2, 0.25) is 0 Å². The minimum atomic E-state index is 0.436. The first-order valence-corrected chi connectivity index (χ1v) is 6.33. The quantitative estimate of drug-likeness (QED) is 0.751. The number of hydrogen-bond acceptors (Lipinski definition) is 3. The zero-order chi connectivity index (χ0) is 10.7. The SMILES string of the molecule is COC1CCCCC1N1CCC(N)CC1. The van der Waals surface area contributed by atoms with Gasteiger partial charge in [0.05, 0.1) is 6.10 Å². The molecule has 88 valence electrons. The maximum Gasteiger partial charge on any atom is 0.0726 e. The topological polar surface area (TPSA) is 38.5 Å². The van der Waals surface area contributed by atoms with Crippen molar-refractivity contribution in [3.05, 3.63) is 0 Å². The molecule has 2 N–H and O–H groups in total. The van der Waals surface area contributed by atoms with Crippen LogP contribution in [0.15, 0.2) is 0 Å². The maximum absolute atomic E-state index is 5.94. The summed E-state index contributed by atoms with van der Waals surface area (Å²) >= 11 is 0. The van der Waals surface area contributed by atoms with Gasteiger partial charge in [0.15, 0.2) is 0 Å². The van der Waals surface area contributed by atoms with Gasteiger partial charge in [-0.3, -0.25) is 4.90 Å². The largest absolute Gasteiger partial charge is 0.380 e. The van der Waals surface area contributed by atoms with Crippen LogP contribution < -0.4 is 5.73 Å². The second-order valence-electron chi connectivity index (χ2n) is 5.00. The van der Waals surface area contributed by atoms with Crippen LogP contribution in [0.1, 0.15) is 38.5 Å². The van der Waals surface area contributed by atoms with E-state index < -0.39 is 0 Å². The Morgan fingerprint density at radius 2 is 1.73 bits per heavy atom. The van der Waals surface area contributed by atoms with E-state index in [1.807, 2.05) is 7.11 Å². The van der Waals surface area contributed by atoms with E-state index in [0.717, 1.165) is 12.8 Å². The predicted molar refractivity (Wildman–Crippen MR) is 61.8 cm³/mol. The zero-order valence-electron chi connectivity index (χ0n) is 9.82. The molecule has 0 bridgehead atoms. The number of nitrogens with two attached hydrogens (primary N) is 1. The van der Waals surface area contributed by atoms with Gasteiger partial charge in [-0.15, -0.1) is 0 Å². The van der Waals surface area contributed by atoms with Gasteiger partial charge < -0.3 is 10.5 Å². The summed E-state index contributed by atoms with van der Waals surface area (Å²) in [4.78, 5) is 2.61. The maximum atomic E-state index is 5.94. The van der Waals surface area contributed by atoms with Gasteiger partial charge in [0, 0.05) is 32.3 Å². The smallest absolute Gasteiger partial charge is 0.0726 e. The summed E-state index contributed by atoms with van der Waals surface area (Å²) in [6, 6.07) is 1.10. The second-order valence-corrected chi connectivity index (χ2v) is 5.00. The van der Waals surface area contributed by atoms with Crippen LogP contribution in [0.25, 0.3) is 0 Å². The van der Waals surface area contributed by atoms with Crippen LogP contribution in [0.2, 0.25) is 0 Å². The Bertz CT molecular complexity index is 190. The Labute approximate surface area is 93.0 Å². The van der Waals surface area contributed by atoms with E-state index in [-0.39, 0.29) is 0 Å². The van der Waals surface area contributed by atoms with Gasteiger partial charge in [-0.2, -0.15) is 0 Å². The van der Waals surface area contributed by atoms with Crippen LogP contribution in [0.5, 0.6) is 0 Å². The van der Waals surface area contributed by atoms with Crippen molar-refractivity contribution in [2.45, 2.75) is 56.7 Å². The van der Waals surface area contributed by atoms with Crippen LogP contribution >= 0.6 is 0 Å². The third kappa shape index (κ3) is 2.71. The van der Waals surface area contributed by atoms with Crippen molar-refractivity contribution in [1.29, 1.82) is 0 Å². The Hall–Kier alpha value is -0.120. The minimum absolute atomic E-state index is 0.436. The number of likely N-dealkylation sites (tertiary alicyclic amines) is 1. The molecule has 3 heteroatoms. The van der Waals surface area contributed by atoms with E-state index in [0.29, 0.717) is 18.2 Å². The van der Waals surface area contributed by atoms with Crippen molar-refractivity contribution in [1.82, 2.24) is 4.90 Å².